The van der Waals surface area contributed by atoms with E-state index in [9.17, 15) is 14.4 Å². The summed E-state index contributed by atoms with van der Waals surface area (Å²) in [4.78, 5) is 39.2. The summed E-state index contributed by atoms with van der Waals surface area (Å²) in [7, 11) is 0. The molecule has 6 heteroatoms. The van der Waals surface area contributed by atoms with Gasteiger partial charge in [0.2, 0.25) is 0 Å². The van der Waals surface area contributed by atoms with Gasteiger partial charge in [-0.1, -0.05) is 66.9 Å². The summed E-state index contributed by atoms with van der Waals surface area (Å²) in [5.41, 5.74) is 4.56. The summed E-state index contributed by atoms with van der Waals surface area (Å²) >= 11 is 0. The summed E-state index contributed by atoms with van der Waals surface area (Å²) in [5.74, 6) is -1.13. The summed E-state index contributed by atoms with van der Waals surface area (Å²) < 4.78 is 10.7. The largest absolute Gasteiger partial charge is 0.460 e. The van der Waals surface area contributed by atoms with Crippen molar-refractivity contribution in [2.45, 2.75) is 34.6 Å². The molecule has 36 heavy (non-hydrogen) atoms. The van der Waals surface area contributed by atoms with Gasteiger partial charge in [0.05, 0.1) is 24.2 Å². The number of amides is 1. The van der Waals surface area contributed by atoms with Crippen LogP contribution in [-0.2, 0) is 9.47 Å². The van der Waals surface area contributed by atoms with Gasteiger partial charge in [0.1, 0.15) is 13.2 Å². The van der Waals surface area contributed by atoms with Crippen LogP contribution in [0.25, 0.3) is 0 Å². The monoisotopic (exact) mass is 489 g/mol. The normalized spacial score (nSPS) is 10.0. The van der Waals surface area contributed by atoms with Gasteiger partial charge in [-0.2, -0.15) is 0 Å². The Hall–Kier alpha value is -3.93. The molecule has 0 spiro atoms. The van der Waals surface area contributed by atoms with Gasteiger partial charge in [-0.05, 0) is 57.2 Å². The highest BCUT2D eigenvalue weighted by molar-refractivity contribution is 5.94. The molecule has 190 valence electrons. The van der Waals surface area contributed by atoms with Crippen molar-refractivity contribution in [3.63, 3.8) is 0 Å². The lowest BCUT2D eigenvalue weighted by molar-refractivity contribution is 0.0362. The van der Waals surface area contributed by atoms with Gasteiger partial charge in [0, 0.05) is 5.56 Å². The van der Waals surface area contributed by atoms with Gasteiger partial charge in [-0.15, -0.1) is 0 Å². The Morgan fingerprint density at radius 3 is 1.19 bits per heavy atom. The Balaban J connectivity index is 0.00000222. The van der Waals surface area contributed by atoms with Crippen LogP contribution in [0.5, 0.6) is 0 Å². The number of nitrogens with zero attached hydrogens (tertiary/aromatic N) is 1. The van der Waals surface area contributed by atoms with E-state index in [2.05, 4.69) is 0 Å². The Bertz CT molecular complexity index is 1060. The maximum Gasteiger partial charge on any atom is 0.338 e. The molecule has 3 rings (SSSR count). The van der Waals surface area contributed by atoms with Crippen molar-refractivity contribution in [3.05, 3.63) is 106 Å². The maximum absolute atomic E-state index is 13.1. The fourth-order valence-corrected chi connectivity index (χ4v) is 3.24. The zero-order valence-electron chi connectivity index (χ0n) is 21.7. The standard InChI is InChI=1S/C28H29NO5.C2H6/c1-20-4-10-23(11-5-20)26(30)29(16-18-33-27(31)24-12-6-21(2)7-13-24)17-19-34-28(32)25-14-8-22(3)9-15-25;1-2/h4-15H,16-19H2,1-3H3;1-2H3. The van der Waals surface area contributed by atoms with Crippen LogP contribution in [0.1, 0.15) is 61.6 Å². The van der Waals surface area contributed by atoms with Gasteiger partial charge in [-0.25, -0.2) is 9.59 Å². The fraction of sp³-hybridized carbons (Fsp3) is 0.300. The van der Waals surface area contributed by atoms with Crippen LogP contribution in [-0.4, -0.2) is 49.0 Å². The van der Waals surface area contributed by atoms with Crippen molar-refractivity contribution in [2.24, 2.45) is 0 Å². The topological polar surface area (TPSA) is 72.9 Å². The summed E-state index contributed by atoms with van der Waals surface area (Å²) in [6.07, 6.45) is 0. The number of aryl methyl sites for hydroxylation is 3. The maximum atomic E-state index is 13.1. The molecule has 3 aromatic carbocycles. The smallest absolute Gasteiger partial charge is 0.338 e. The van der Waals surface area contributed by atoms with Crippen molar-refractivity contribution in [3.8, 4) is 0 Å². The van der Waals surface area contributed by atoms with Crippen molar-refractivity contribution in [1.82, 2.24) is 4.90 Å². The fourth-order valence-electron chi connectivity index (χ4n) is 3.24. The third kappa shape index (κ3) is 8.69. The second-order valence-corrected chi connectivity index (χ2v) is 8.16. The van der Waals surface area contributed by atoms with Gasteiger partial charge in [-0.3, -0.25) is 4.79 Å². The molecule has 0 aliphatic rings. The molecule has 1 amide bonds. The third-order valence-corrected chi connectivity index (χ3v) is 5.35. The van der Waals surface area contributed by atoms with Crippen LogP contribution in [0.2, 0.25) is 0 Å². The minimum atomic E-state index is -0.450. The van der Waals surface area contributed by atoms with E-state index in [0.717, 1.165) is 16.7 Å². The van der Waals surface area contributed by atoms with Crippen molar-refractivity contribution >= 4 is 17.8 Å². The first-order valence-corrected chi connectivity index (χ1v) is 12.2. The third-order valence-electron chi connectivity index (χ3n) is 5.35. The minimum Gasteiger partial charge on any atom is -0.460 e. The predicted octanol–water partition coefficient (Wildman–Crippen LogP) is 5.79. The van der Waals surface area contributed by atoms with Crippen LogP contribution in [0.3, 0.4) is 0 Å². The number of esters is 2. The average Bonchev–Trinajstić information content (AvgIpc) is 2.89. The van der Waals surface area contributed by atoms with E-state index in [1.807, 2.05) is 71.0 Å². The number of carbonyl (C=O) groups is 3. The first-order valence-electron chi connectivity index (χ1n) is 12.2. The highest BCUT2D eigenvalue weighted by Gasteiger charge is 2.18. The summed E-state index contributed by atoms with van der Waals surface area (Å²) in [6, 6.07) is 21.4. The molecule has 0 N–H and O–H groups in total. The van der Waals surface area contributed by atoms with Crippen molar-refractivity contribution < 1.29 is 23.9 Å². The van der Waals surface area contributed by atoms with Crippen LogP contribution >= 0.6 is 0 Å². The average molecular weight is 490 g/mol. The van der Waals surface area contributed by atoms with Crippen LogP contribution < -0.4 is 0 Å². The number of hydrogen-bond acceptors (Lipinski definition) is 5. The highest BCUT2D eigenvalue weighted by Crippen LogP contribution is 2.10. The molecular weight excluding hydrogens is 454 g/mol. The van der Waals surface area contributed by atoms with E-state index >= 15 is 0 Å². The first-order chi connectivity index (χ1) is 17.3. The van der Waals surface area contributed by atoms with E-state index in [0.29, 0.717) is 16.7 Å². The van der Waals surface area contributed by atoms with E-state index in [4.69, 9.17) is 9.47 Å². The predicted molar refractivity (Wildman–Crippen MR) is 141 cm³/mol. The molecular formula is C30H35NO5. The molecule has 0 aromatic heterocycles. The summed E-state index contributed by atoms with van der Waals surface area (Å²) in [6.45, 7) is 10.2. The number of carbonyl (C=O) groups excluding carboxylic acids is 3. The molecule has 0 atom stereocenters. The zero-order valence-corrected chi connectivity index (χ0v) is 21.7. The van der Waals surface area contributed by atoms with Gasteiger partial charge >= 0.3 is 11.9 Å². The molecule has 3 aromatic rings. The lowest BCUT2D eigenvalue weighted by Crippen LogP contribution is -2.37. The molecule has 0 aliphatic heterocycles. The van der Waals surface area contributed by atoms with E-state index < -0.39 is 11.9 Å². The Morgan fingerprint density at radius 2 is 0.861 bits per heavy atom. The van der Waals surface area contributed by atoms with E-state index in [1.54, 1.807) is 36.4 Å². The van der Waals surface area contributed by atoms with Crippen LogP contribution in [0.4, 0.5) is 0 Å². The van der Waals surface area contributed by atoms with Crippen molar-refractivity contribution in [2.75, 3.05) is 26.3 Å². The number of rotatable bonds is 9. The van der Waals surface area contributed by atoms with Crippen LogP contribution in [0.15, 0.2) is 72.8 Å². The molecule has 6 nitrogen and oxygen atoms in total. The molecule has 0 bridgehead atoms. The molecule has 0 saturated heterocycles. The highest BCUT2D eigenvalue weighted by atomic mass is 16.5. The van der Waals surface area contributed by atoms with Gasteiger partial charge in [0.15, 0.2) is 0 Å². The lowest BCUT2D eigenvalue weighted by Gasteiger charge is -2.22. The number of benzene rings is 3. The molecule has 0 fully saturated rings. The van der Waals surface area contributed by atoms with Gasteiger partial charge < -0.3 is 14.4 Å². The van der Waals surface area contributed by atoms with Gasteiger partial charge in [0.25, 0.3) is 5.91 Å². The molecule has 0 aliphatic carbocycles. The first kappa shape index (κ1) is 28.3. The number of hydrogen-bond donors (Lipinski definition) is 0. The van der Waals surface area contributed by atoms with Crippen LogP contribution in [0, 0.1) is 20.8 Å². The Labute approximate surface area is 213 Å². The minimum absolute atomic E-state index is 0.0240. The number of ether oxygens (including phenoxy) is 2. The van der Waals surface area contributed by atoms with E-state index in [-0.39, 0.29) is 32.2 Å². The second-order valence-electron chi connectivity index (χ2n) is 8.16. The Kier molecular flexibility index (Phi) is 11.4. The molecule has 0 saturated carbocycles. The molecule has 0 radical (unpaired) electrons. The SMILES string of the molecule is CC.Cc1ccc(C(=O)OCCN(CCOC(=O)c2ccc(C)cc2)C(=O)c2ccc(C)cc2)cc1. The zero-order chi connectivity index (χ0) is 26.5. The van der Waals surface area contributed by atoms with Crippen molar-refractivity contribution in [1.29, 1.82) is 0 Å². The second kappa shape index (κ2) is 14.5. The molecule has 0 unspecified atom stereocenters. The Morgan fingerprint density at radius 1 is 0.556 bits per heavy atom. The summed E-state index contributed by atoms with van der Waals surface area (Å²) in [5, 5.41) is 0. The lowest BCUT2D eigenvalue weighted by atomic mass is 10.1. The quantitative estimate of drug-likeness (QED) is 0.356. The van der Waals surface area contributed by atoms with E-state index in [1.165, 1.54) is 4.90 Å². The molecule has 0 heterocycles.